The van der Waals surface area contributed by atoms with E-state index in [9.17, 15) is 9.59 Å². The molecule has 150 valence electrons. The first kappa shape index (κ1) is 21.0. The van der Waals surface area contributed by atoms with Crippen LogP contribution < -0.4 is 5.32 Å². The molecule has 1 N–H and O–H groups in total. The van der Waals surface area contributed by atoms with Gasteiger partial charge in [-0.15, -0.1) is 11.3 Å². The first-order valence-electron chi connectivity index (χ1n) is 9.55. The van der Waals surface area contributed by atoms with E-state index in [1.54, 1.807) is 12.1 Å². The summed E-state index contributed by atoms with van der Waals surface area (Å²) < 4.78 is 0.587. The van der Waals surface area contributed by atoms with E-state index >= 15 is 0 Å². The van der Waals surface area contributed by atoms with E-state index < -0.39 is 0 Å². The topological polar surface area (TPSA) is 52.6 Å². The molecule has 1 unspecified atom stereocenters. The van der Waals surface area contributed by atoms with Crippen LogP contribution in [0.4, 0.5) is 0 Å². The van der Waals surface area contributed by atoms with Gasteiger partial charge in [0.2, 0.25) is 5.91 Å². The van der Waals surface area contributed by atoms with Crippen LogP contribution in [0.15, 0.2) is 42.5 Å². The molecule has 28 heavy (non-hydrogen) atoms. The van der Waals surface area contributed by atoms with Gasteiger partial charge in [-0.1, -0.05) is 41.9 Å². The number of halogens is 1. The molecule has 1 aliphatic heterocycles. The van der Waals surface area contributed by atoms with Gasteiger partial charge >= 0.3 is 0 Å². The highest BCUT2D eigenvalue weighted by atomic mass is 35.5. The molecule has 0 radical (unpaired) electrons. The smallest absolute Gasteiger partial charge is 0.220 e. The maximum absolute atomic E-state index is 12.5. The quantitative estimate of drug-likeness (QED) is 0.665. The first-order valence-corrected chi connectivity index (χ1v) is 10.7. The Hall–Kier alpha value is -1.73. The molecular formula is C21H26ClN3O2S. The minimum absolute atomic E-state index is 0.0395. The lowest BCUT2D eigenvalue weighted by atomic mass is 10.1. The van der Waals surface area contributed by atoms with Crippen molar-refractivity contribution in [1.82, 2.24) is 15.1 Å². The van der Waals surface area contributed by atoms with Gasteiger partial charge in [0.05, 0.1) is 15.3 Å². The molecule has 0 aliphatic carbocycles. The van der Waals surface area contributed by atoms with Gasteiger partial charge in [0.25, 0.3) is 0 Å². The Labute approximate surface area is 175 Å². The second-order valence-electron chi connectivity index (χ2n) is 7.16. The number of likely N-dealkylation sites (N-methyl/N-ethyl adjacent to an activating group) is 1. The summed E-state index contributed by atoms with van der Waals surface area (Å²) in [6.07, 6.45) is 0.374. The normalized spacial score (nSPS) is 16.6. The van der Waals surface area contributed by atoms with Crippen molar-refractivity contribution in [2.75, 3.05) is 39.8 Å². The summed E-state index contributed by atoms with van der Waals surface area (Å²) in [6, 6.07) is 13.4. The largest absolute Gasteiger partial charge is 0.348 e. The Morgan fingerprint density at radius 1 is 1.07 bits per heavy atom. The van der Waals surface area contributed by atoms with Crippen LogP contribution in [0.5, 0.6) is 0 Å². The van der Waals surface area contributed by atoms with Crippen molar-refractivity contribution in [1.29, 1.82) is 0 Å². The highest BCUT2D eigenvalue weighted by Crippen LogP contribution is 2.23. The number of piperazine rings is 1. The molecule has 1 saturated heterocycles. The molecule has 1 amide bonds. The number of carbonyl (C=O) groups is 2. The molecule has 0 saturated carbocycles. The van der Waals surface area contributed by atoms with Crippen molar-refractivity contribution in [3.05, 3.63) is 57.2 Å². The average Bonchev–Trinajstić information content (AvgIpc) is 3.14. The SMILES string of the molecule is CN1CCN(CC(NC(=O)CCC(=O)c2ccc(Cl)s2)c2ccccc2)CC1. The predicted octanol–water partition coefficient (Wildman–Crippen LogP) is 3.47. The number of rotatable bonds is 8. The van der Waals surface area contributed by atoms with Crippen molar-refractivity contribution < 1.29 is 9.59 Å². The Morgan fingerprint density at radius 3 is 2.43 bits per heavy atom. The van der Waals surface area contributed by atoms with Crippen LogP contribution in [0.2, 0.25) is 4.34 Å². The van der Waals surface area contributed by atoms with Crippen molar-refractivity contribution in [3.63, 3.8) is 0 Å². The van der Waals surface area contributed by atoms with Crippen molar-refractivity contribution in [2.24, 2.45) is 0 Å². The lowest BCUT2D eigenvalue weighted by Gasteiger charge is -2.35. The third-order valence-corrected chi connectivity index (χ3v) is 6.27. The Morgan fingerprint density at radius 2 is 1.79 bits per heavy atom. The minimum atomic E-state index is -0.0982. The number of hydrogen-bond acceptors (Lipinski definition) is 5. The molecule has 1 aliphatic rings. The Bertz CT molecular complexity index is 788. The maximum atomic E-state index is 12.5. The number of amides is 1. The summed E-state index contributed by atoms with van der Waals surface area (Å²) in [7, 11) is 2.13. The predicted molar refractivity (Wildman–Crippen MR) is 114 cm³/mol. The number of nitrogens with one attached hydrogen (secondary N) is 1. The molecule has 1 aromatic carbocycles. The zero-order valence-corrected chi connectivity index (χ0v) is 17.6. The van der Waals surface area contributed by atoms with Gasteiger partial charge in [0, 0.05) is 45.6 Å². The third kappa shape index (κ3) is 6.14. The second kappa shape index (κ2) is 10.2. The van der Waals surface area contributed by atoms with E-state index in [0.717, 1.165) is 38.3 Å². The third-order valence-electron chi connectivity index (χ3n) is 5.00. The van der Waals surface area contributed by atoms with E-state index in [4.69, 9.17) is 11.6 Å². The van der Waals surface area contributed by atoms with Gasteiger partial charge in [-0.3, -0.25) is 14.5 Å². The van der Waals surface area contributed by atoms with Crippen molar-refractivity contribution in [2.45, 2.75) is 18.9 Å². The molecule has 3 rings (SSSR count). The molecule has 1 atom stereocenters. The monoisotopic (exact) mass is 419 g/mol. The summed E-state index contributed by atoms with van der Waals surface area (Å²) in [6.45, 7) is 4.83. The maximum Gasteiger partial charge on any atom is 0.220 e. The Balaban J connectivity index is 1.57. The number of Topliss-reactive ketones (excluding diaryl/α,β-unsaturated/α-hetero) is 1. The molecule has 1 fully saturated rings. The Kier molecular flexibility index (Phi) is 7.62. The van der Waals surface area contributed by atoms with E-state index in [2.05, 4.69) is 22.2 Å². The van der Waals surface area contributed by atoms with E-state index in [1.165, 1.54) is 11.3 Å². The van der Waals surface area contributed by atoms with Gasteiger partial charge < -0.3 is 10.2 Å². The van der Waals surface area contributed by atoms with Crippen molar-refractivity contribution >= 4 is 34.6 Å². The van der Waals surface area contributed by atoms with Crippen LogP contribution >= 0.6 is 22.9 Å². The fourth-order valence-electron chi connectivity index (χ4n) is 3.29. The van der Waals surface area contributed by atoms with Gasteiger partial charge in [-0.2, -0.15) is 0 Å². The highest BCUT2D eigenvalue weighted by molar-refractivity contribution is 7.18. The molecule has 1 aromatic heterocycles. The summed E-state index contributed by atoms with van der Waals surface area (Å²) in [5, 5.41) is 3.13. The van der Waals surface area contributed by atoms with Crippen LogP contribution in [0.25, 0.3) is 0 Å². The van der Waals surface area contributed by atoms with Crippen molar-refractivity contribution in [3.8, 4) is 0 Å². The molecule has 0 bridgehead atoms. The van der Waals surface area contributed by atoms with Crippen LogP contribution in [0.3, 0.4) is 0 Å². The van der Waals surface area contributed by atoms with Gasteiger partial charge in [-0.05, 0) is 24.7 Å². The summed E-state index contributed by atoms with van der Waals surface area (Å²) in [5.41, 5.74) is 1.09. The standard InChI is InChI=1S/C21H26ClN3O2S/c1-24-11-13-25(14-12-24)15-17(16-5-3-2-4-6-16)23-21(27)10-7-18(26)19-8-9-20(22)28-19/h2-6,8-9,17H,7,10-15H2,1H3,(H,23,27). The van der Waals surface area contributed by atoms with Gasteiger partial charge in [0.15, 0.2) is 5.78 Å². The number of benzene rings is 1. The number of nitrogens with zero attached hydrogens (tertiary/aromatic N) is 2. The highest BCUT2D eigenvalue weighted by Gasteiger charge is 2.21. The molecule has 2 heterocycles. The van der Waals surface area contributed by atoms with Gasteiger partial charge in [0.1, 0.15) is 0 Å². The number of thiophene rings is 1. The van der Waals surface area contributed by atoms with E-state index in [1.807, 2.05) is 30.3 Å². The molecular weight excluding hydrogens is 394 g/mol. The zero-order chi connectivity index (χ0) is 19.9. The number of carbonyl (C=O) groups excluding carboxylic acids is 2. The summed E-state index contributed by atoms with van der Waals surface area (Å²) in [4.78, 5) is 30.1. The summed E-state index contributed by atoms with van der Waals surface area (Å²) in [5.74, 6) is -0.138. The van der Waals surface area contributed by atoms with E-state index in [-0.39, 0.29) is 30.6 Å². The lowest BCUT2D eigenvalue weighted by Crippen LogP contribution is -2.47. The van der Waals surface area contributed by atoms with E-state index in [0.29, 0.717) is 9.21 Å². The molecule has 2 aromatic rings. The van der Waals surface area contributed by atoms with Crippen LogP contribution in [0.1, 0.15) is 34.1 Å². The lowest BCUT2D eigenvalue weighted by molar-refractivity contribution is -0.122. The average molecular weight is 420 g/mol. The number of ketones is 1. The van der Waals surface area contributed by atoms with Crippen LogP contribution in [0, 0.1) is 0 Å². The van der Waals surface area contributed by atoms with Crippen LogP contribution in [-0.2, 0) is 4.79 Å². The van der Waals surface area contributed by atoms with Crippen LogP contribution in [-0.4, -0.2) is 61.3 Å². The zero-order valence-electron chi connectivity index (χ0n) is 16.1. The molecule has 7 heteroatoms. The summed E-state index contributed by atoms with van der Waals surface area (Å²) >= 11 is 7.14. The molecule has 0 spiro atoms. The fourth-order valence-corrected chi connectivity index (χ4v) is 4.30. The second-order valence-corrected chi connectivity index (χ2v) is 8.88. The fraction of sp³-hybridized carbons (Fsp3) is 0.429. The first-order chi connectivity index (χ1) is 13.5. The minimum Gasteiger partial charge on any atom is -0.348 e. The number of hydrogen-bond donors (Lipinski definition) is 1. The molecule has 5 nitrogen and oxygen atoms in total. The van der Waals surface area contributed by atoms with Gasteiger partial charge in [-0.25, -0.2) is 0 Å².